The molecule has 0 saturated heterocycles. The molecule has 0 spiro atoms. The normalized spacial score (nSPS) is 14.1. The first kappa shape index (κ1) is 13.1. The zero-order chi connectivity index (χ0) is 14.2. The third-order valence-electron chi connectivity index (χ3n) is 3.09. The lowest BCUT2D eigenvalue weighted by Gasteiger charge is -2.07. The third kappa shape index (κ3) is 2.52. The zero-order valence-corrected chi connectivity index (χ0v) is 11.7. The molecule has 0 radical (unpaired) electrons. The molecule has 2 aromatic rings. The van der Waals surface area contributed by atoms with Crippen LogP contribution in [0.3, 0.4) is 0 Å². The van der Waals surface area contributed by atoms with Gasteiger partial charge in [-0.25, -0.2) is 13.1 Å². The van der Waals surface area contributed by atoms with Gasteiger partial charge >= 0.3 is 0 Å². The highest BCUT2D eigenvalue weighted by Gasteiger charge is 2.18. The Morgan fingerprint density at radius 1 is 1.45 bits per heavy atom. The van der Waals surface area contributed by atoms with Crippen molar-refractivity contribution >= 4 is 15.7 Å². The molecule has 2 heterocycles. The van der Waals surface area contributed by atoms with E-state index < -0.39 is 10.0 Å². The molecule has 2 N–H and O–H groups in total. The highest BCUT2D eigenvalue weighted by molar-refractivity contribution is 7.89. The van der Waals surface area contributed by atoms with E-state index in [2.05, 4.69) is 20.2 Å². The summed E-state index contributed by atoms with van der Waals surface area (Å²) in [6.07, 6.45) is 0.922. The minimum absolute atomic E-state index is 0.00415. The van der Waals surface area contributed by atoms with E-state index in [1.807, 2.05) is 6.07 Å². The quantitative estimate of drug-likeness (QED) is 0.866. The molecule has 1 aliphatic rings. The van der Waals surface area contributed by atoms with Gasteiger partial charge in [0.2, 0.25) is 15.9 Å². The van der Waals surface area contributed by atoms with E-state index in [1.165, 1.54) is 0 Å². The highest BCUT2D eigenvalue weighted by Crippen LogP contribution is 2.25. The largest absolute Gasteiger partial charge is 0.384 e. The fourth-order valence-electron chi connectivity index (χ4n) is 2.09. The van der Waals surface area contributed by atoms with E-state index in [9.17, 15) is 8.42 Å². The van der Waals surface area contributed by atoms with Gasteiger partial charge in [-0.15, -0.1) is 0 Å². The maximum atomic E-state index is 12.2. The topological polar surface area (TPSA) is 97.1 Å². The van der Waals surface area contributed by atoms with Gasteiger partial charge in [0, 0.05) is 19.2 Å². The van der Waals surface area contributed by atoms with Crippen LogP contribution in [0.2, 0.25) is 0 Å². The molecule has 0 fully saturated rings. The maximum absolute atomic E-state index is 12.2. The van der Waals surface area contributed by atoms with Crippen LogP contribution in [0.5, 0.6) is 0 Å². The fourth-order valence-corrected chi connectivity index (χ4v) is 3.10. The number of hydrogen-bond donors (Lipinski definition) is 2. The van der Waals surface area contributed by atoms with E-state index in [-0.39, 0.29) is 11.4 Å². The number of rotatable bonds is 4. The van der Waals surface area contributed by atoms with Crippen LogP contribution in [-0.4, -0.2) is 25.1 Å². The second-order valence-electron chi connectivity index (χ2n) is 4.55. The van der Waals surface area contributed by atoms with Gasteiger partial charge in [0.15, 0.2) is 5.82 Å². The van der Waals surface area contributed by atoms with Crippen LogP contribution in [0.1, 0.15) is 17.3 Å². The molecule has 1 aromatic carbocycles. The molecule has 0 bridgehead atoms. The lowest BCUT2D eigenvalue weighted by Crippen LogP contribution is -2.23. The van der Waals surface area contributed by atoms with Crippen molar-refractivity contribution in [2.75, 3.05) is 11.9 Å². The monoisotopic (exact) mass is 294 g/mol. The fraction of sp³-hybridized carbons (Fsp3) is 0.333. The maximum Gasteiger partial charge on any atom is 0.241 e. The number of benzene rings is 1. The Balaban J connectivity index is 1.78. The number of fused-ring (bicyclic) bond motifs is 1. The summed E-state index contributed by atoms with van der Waals surface area (Å²) in [4.78, 5) is 4.18. The average Bonchev–Trinajstić information content (AvgIpc) is 3.04. The lowest BCUT2D eigenvalue weighted by molar-refractivity contribution is 0.387. The molecule has 0 aliphatic carbocycles. The van der Waals surface area contributed by atoms with Gasteiger partial charge < -0.3 is 9.84 Å². The first-order chi connectivity index (χ1) is 9.54. The number of sulfonamides is 1. The first-order valence-electron chi connectivity index (χ1n) is 6.20. The van der Waals surface area contributed by atoms with Gasteiger partial charge in [0.25, 0.3) is 0 Å². The number of anilines is 1. The van der Waals surface area contributed by atoms with Crippen LogP contribution in [0, 0.1) is 6.92 Å². The Bertz CT molecular complexity index is 739. The number of hydrogen-bond acceptors (Lipinski definition) is 6. The Hall–Kier alpha value is -1.93. The van der Waals surface area contributed by atoms with Gasteiger partial charge in [-0.05, 0) is 24.1 Å². The van der Waals surface area contributed by atoms with Gasteiger partial charge in [0.05, 0.1) is 11.4 Å². The molecule has 106 valence electrons. The molecule has 1 aromatic heterocycles. The average molecular weight is 294 g/mol. The zero-order valence-electron chi connectivity index (χ0n) is 10.9. The van der Waals surface area contributed by atoms with Crippen molar-refractivity contribution in [1.82, 2.24) is 14.9 Å². The predicted molar refractivity (Wildman–Crippen MR) is 71.7 cm³/mol. The van der Waals surface area contributed by atoms with Gasteiger partial charge in [-0.2, -0.15) is 4.98 Å². The van der Waals surface area contributed by atoms with E-state index in [1.54, 1.807) is 19.1 Å². The van der Waals surface area contributed by atoms with Crippen molar-refractivity contribution in [2.45, 2.75) is 24.8 Å². The summed E-state index contributed by atoms with van der Waals surface area (Å²) in [5, 5.41) is 6.80. The Morgan fingerprint density at radius 3 is 3.05 bits per heavy atom. The van der Waals surface area contributed by atoms with E-state index >= 15 is 0 Å². The molecule has 0 unspecified atom stereocenters. The van der Waals surface area contributed by atoms with Gasteiger partial charge in [-0.1, -0.05) is 11.2 Å². The summed E-state index contributed by atoms with van der Waals surface area (Å²) in [5.74, 6) is 0.714. The van der Waals surface area contributed by atoms with Crippen molar-refractivity contribution in [2.24, 2.45) is 0 Å². The number of nitrogens with one attached hydrogen (secondary N) is 2. The first-order valence-corrected chi connectivity index (χ1v) is 7.68. The Kier molecular flexibility index (Phi) is 3.19. The molecule has 20 heavy (non-hydrogen) atoms. The molecule has 3 rings (SSSR count). The van der Waals surface area contributed by atoms with Crippen LogP contribution in [0.25, 0.3) is 0 Å². The minimum atomic E-state index is -3.58. The standard InChI is InChI=1S/C12H14N4O3S/c1-8-15-12(16-19-8)7-14-20(17,18)10-3-2-9-4-5-13-11(9)6-10/h2-3,6,13-14H,4-5,7H2,1H3. The van der Waals surface area contributed by atoms with Gasteiger partial charge in [0.1, 0.15) is 0 Å². The second-order valence-corrected chi connectivity index (χ2v) is 6.32. The van der Waals surface area contributed by atoms with Gasteiger partial charge in [-0.3, -0.25) is 0 Å². The van der Waals surface area contributed by atoms with Crippen LogP contribution in [0.15, 0.2) is 27.6 Å². The molecular weight excluding hydrogens is 280 g/mol. The summed E-state index contributed by atoms with van der Waals surface area (Å²) < 4.78 is 31.6. The third-order valence-corrected chi connectivity index (χ3v) is 4.49. The van der Waals surface area contributed by atoms with Crippen molar-refractivity contribution in [1.29, 1.82) is 0 Å². The van der Waals surface area contributed by atoms with Crippen LogP contribution in [-0.2, 0) is 23.0 Å². The Labute approximate surface area is 116 Å². The second kappa shape index (κ2) is 4.88. The van der Waals surface area contributed by atoms with Crippen LogP contribution >= 0.6 is 0 Å². The van der Waals surface area contributed by atoms with Crippen molar-refractivity contribution in [3.63, 3.8) is 0 Å². The highest BCUT2D eigenvalue weighted by atomic mass is 32.2. The van der Waals surface area contributed by atoms with Crippen molar-refractivity contribution < 1.29 is 12.9 Å². The molecule has 7 nitrogen and oxygen atoms in total. The molecule has 1 aliphatic heterocycles. The predicted octanol–water partition coefficient (Wildman–Crippen LogP) is 0.825. The summed E-state index contributed by atoms with van der Waals surface area (Å²) in [5.41, 5.74) is 2.01. The summed E-state index contributed by atoms with van der Waals surface area (Å²) in [7, 11) is -3.58. The summed E-state index contributed by atoms with van der Waals surface area (Å²) in [6, 6.07) is 5.09. The summed E-state index contributed by atoms with van der Waals surface area (Å²) in [6.45, 7) is 2.50. The molecule has 8 heteroatoms. The molecule has 0 amide bonds. The summed E-state index contributed by atoms with van der Waals surface area (Å²) >= 11 is 0. The molecule has 0 saturated carbocycles. The Morgan fingerprint density at radius 2 is 2.30 bits per heavy atom. The van der Waals surface area contributed by atoms with E-state index in [4.69, 9.17) is 4.52 Å². The van der Waals surface area contributed by atoms with Crippen molar-refractivity contribution in [3.8, 4) is 0 Å². The number of aryl methyl sites for hydroxylation is 1. The molecular formula is C12H14N4O3S. The number of nitrogens with zero attached hydrogens (tertiary/aromatic N) is 2. The van der Waals surface area contributed by atoms with Crippen molar-refractivity contribution in [3.05, 3.63) is 35.5 Å². The van der Waals surface area contributed by atoms with E-state index in [0.717, 1.165) is 24.2 Å². The minimum Gasteiger partial charge on any atom is -0.384 e. The smallest absolute Gasteiger partial charge is 0.241 e. The number of aromatic nitrogens is 2. The van der Waals surface area contributed by atoms with Crippen LogP contribution in [0.4, 0.5) is 5.69 Å². The van der Waals surface area contributed by atoms with E-state index in [0.29, 0.717) is 11.7 Å². The van der Waals surface area contributed by atoms with Crippen LogP contribution < -0.4 is 10.0 Å². The lowest BCUT2D eigenvalue weighted by atomic mass is 10.2. The molecule has 0 atom stereocenters. The SMILES string of the molecule is Cc1nc(CNS(=O)(=O)c2ccc3c(c2)NCC3)no1.